The van der Waals surface area contributed by atoms with Gasteiger partial charge in [0.15, 0.2) is 0 Å². The van der Waals surface area contributed by atoms with Crippen LogP contribution in [0.1, 0.15) is 55.7 Å². The number of rotatable bonds is 4. The maximum Gasteiger partial charge on any atom is 0.416 e. The lowest BCUT2D eigenvalue weighted by Crippen LogP contribution is -2.18. The first-order valence-electron chi connectivity index (χ1n) is 6.76. The summed E-state index contributed by atoms with van der Waals surface area (Å²) in [4.78, 5) is 0. The van der Waals surface area contributed by atoms with Crippen molar-refractivity contribution in [3.8, 4) is 0 Å². The monoisotopic (exact) mass is 292 g/mol. The van der Waals surface area contributed by atoms with Gasteiger partial charge in [-0.1, -0.05) is 13.8 Å². The molecule has 0 amide bonds. The largest absolute Gasteiger partial charge is 0.416 e. The van der Waals surface area contributed by atoms with Crippen LogP contribution in [-0.2, 0) is 12.1 Å². The lowest BCUT2D eigenvalue weighted by Gasteiger charge is -2.21. The van der Waals surface area contributed by atoms with Gasteiger partial charge in [-0.3, -0.25) is 0 Å². The number of hydrogen-bond acceptors (Lipinski definition) is 0. The molecule has 1 aromatic rings. The molecular weight excluding hydrogens is 275 g/mol. The van der Waals surface area contributed by atoms with E-state index in [-0.39, 0.29) is 5.92 Å². The van der Waals surface area contributed by atoms with Crippen LogP contribution >= 0.6 is 0 Å². The van der Waals surface area contributed by atoms with Crippen LogP contribution in [0, 0.1) is 5.92 Å². The van der Waals surface area contributed by atoms with Gasteiger partial charge in [-0.15, -0.1) is 0 Å². The van der Waals surface area contributed by atoms with Crippen LogP contribution < -0.4 is 0 Å². The van der Waals surface area contributed by atoms with Crippen LogP contribution in [0.25, 0.3) is 0 Å². The Hall–Kier alpha value is -1.13. The molecule has 0 bridgehead atoms. The molecule has 0 aromatic heterocycles. The zero-order valence-electron chi connectivity index (χ0n) is 11.4. The van der Waals surface area contributed by atoms with Crippen LogP contribution in [0.4, 0.5) is 22.0 Å². The van der Waals surface area contributed by atoms with Crippen molar-refractivity contribution in [2.75, 3.05) is 0 Å². The average molecular weight is 292 g/mol. The Morgan fingerprint density at radius 3 is 2.05 bits per heavy atom. The van der Waals surface area contributed by atoms with E-state index < -0.39 is 29.1 Å². The Bertz CT molecular complexity index is 486. The molecule has 1 fully saturated rings. The lowest BCUT2D eigenvalue weighted by molar-refractivity contribution is -0.138. The molecule has 2 rings (SSSR count). The Balaban J connectivity index is 2.50. The van der Waals surface area contributed by atoms with Crippen LogP contribution in [0.2, 0.25) is 0 Å². The highest BCUT2D eigenvalue weighted by Crippen LogP contribution is 2.50. The Labute approximate surface area is 115 Å². The minimum atomic E-state index is -4.60. The zero-order valence-corrected chi connectivity index (χ0v) is 11.4. The molecule has 0 heterocycles. The Morgan fingerprint density at radius 2 is 1.60 bits per heavy atom. The van der Waals surface area contributed by atoms with Gasteiger partial charge in [0.05, 0.1) is 5.56 Å². The molecule has 0 aliphatic heterocycles. The second-order valence-corrected chi connectivity index (χ2v) is 5.55. The van der Waals surface area contributed by atoms with E-state index in [1.54, 1.807) is 6.92 Å². The predicted octanol–water partition coefficient (Wildman–Crippen LogP) is 5.72. The van der Waals surface area contributed by atoms with E-state index in [0.29, 0.717) is 30.9 Å². The number of alkyl halides is 5. The van der Waals surface area contributed by atoms with Gasteiger partial charge in [-0.2, -0.15) is 13.2 Å². The van der Waals surface area contributed by atoms with Crippen LogP contribution in [-0.4, -0.2) is 0 Å². The molecule has 0 radical (unpaired) electrons. The fraction of sp³-hybridized carbons (Fsp3) is 0.600. The molecule has 0 spiro atoms. The maximum absolute atomic E-state index is 14.1. The molecule has 1 aliphatic carbocycles. The molecule has 112 valence electrons. The van der Waals surface area contributed by atoms with Crippen molar-refractivity contribution < 1.29 is 22.0 Å². The smallest absolute Gasteiger partial charge is 0.201 e. The second-order valence-electron chi connectivity index (χ2n) is 5.55. The first-order chi connectivity index (χ1) is 9.16. The van der Waals surface area contributed by atoms with Gasteiger partial charge in [-0.25, -0.2) is 8.78 Å². The number of benzene rings is 1. The molecule has 0 nitrogen and oxygen atoms in total. The van der Waals surface area contributed by atoms with E-state index >= 15 is 0 Å². The minimum Gasteiger partial charge on any atom is -0.201 e. The zero-order chi connectivity index (χ0) is 15.1. The fourth-order valence-corrected chi connectivity index (χ4v) is 2.21. The summed E-state index contributed by atoms with van der Waals surface area (Å²) in [6.45, 7) is 3.57. The fourth-order valence-electron chi connectivity index (χ4n) is 2.21. The molecule has 0 saturated heterocycles. The Kier molecular flexibility index (Phi) is 3.82. The first-order valence-corrected chi connectivity index (χ1v) is 6.76. The summed E-state index contributed by atoms with van der Waals surface area (Å²) in [7, 11) is 0. The van der Waals surface area contributed by atoms with E-state index in [2.05, 4.69) is 0 Å². The van der Waals surface area contributed by atoms with Crippen molar-refractivity contribution in [2.45, 2.75) is 51.1 Å². The van der Waals surface area contributed by atoms with E-state index in [0.717, 1.165) is 6.07 Å². The van der Waals surface area contributed by atoms with Gasteiger partial charge in [0.25, 0.3) is 5.92 Å². The molecule has 1 unspecified atom stereocenters. The molecule has 1 atom stereocenters. The third-order valence-corrected chi connectivity index (χ3v) is 3.94. The summed E-state index contributed by atoms with van der Waals surface area (Å²) in [6, 6.07) is 2.83. The summed E-state index contributed by atoms with van der Waals surface area (Å²) in [6.07, 6.45) is -3.24. The minimum absolute atomic E-state index is 0.175. The highest BCUT2D eigenvalue weighted by molar-refractivity contribution is 5.36. The summed E-state index contributed by atoms with van der Waals surface area (Å²) in [5, 5.41) is 0. The topological polar surface area (TPSA) is 0 Å². The van der Waals surface area contributed by atoms with Crippen molar-refractivity contribution in [1.82, 2.24) is 0 Å². The van der Waals surface area contributed by atoms with Crippen molar-refractivity contribution in [1.29, 1.82) is 0 Å². The quantitative estimate of drug-likeness (QED) is 0.622. The standard InChI is InChI=1S/C15H17F5/c1-3-9(2)10-6-12(14(16,17)11-4-5-11)8-13(7-10)15(18,19)20/h6-9,11H,3-5H2,1-2H3. The Morgan fingerprint density at radius 1 is 1.05 bits per heavy atom. The third kappa shape index (κ3) is 2.96. The highest BCUT2D eigenvalue weighted by Gasteiger charge is 2.48. The van der Waals surface area contributed by atoms with Crippen LogP contribution in [0.5, 0.6) is 0 Å². The molecule has 1 aliphatic rings. The summed E-state index contributed by atoms with van der Waals surface area (Å²) >= 11 is 0. The lowest BCUT2D eigenvalue weighted by atomic mass is 9.91. The van der Waals surface area contributed by atoms with Gasteiger partial charge in [0.1, 0.15) is 0 Å². The van der Waals surface area contributed by atoms with Crippen molar-refractivity contribution in [2.24, 2.45) is 5.92 Å². The number of halogens is 5. The van der Waals surface area contributed by atoms with Crippen molar-refractivity contribution in [3.05, 3.63) is 34.9 Å². The second kappa shape index (κ2) is 5.01. The van der Waals surface area contributed by atoms with Gasteiger partial charge in [0.2, 0.25) is 0 Å². The normalized spacial score (nSPS) is 18.1. The van der Waals surface area contributed by atoms with Gasteiger partial charge in [-0.05, 0) is 48.9 Å². The predicted molar refractivity (Wildman–Crippen MR) is 66.8 cm³/mol. The van der Waals surface area contributed by atoms with E-state index in [1.807, 2.05) is 6.92 Å². The summed E-state index contributed by atoms with van der Waals surface area (Å²) in [5.74, 6) is -4.15. The van der Waals surface area contributed by atoms with Crippen molar-refractivity contribution >= 4 is 0 Å². The molecule has 20 heavy (non-hydrogen) atoms. The molecule has 1 saturated carbocycles. The average Bonchev–Trinajstić information content (AvgIpc) is 3.20. The molecule has 5 heteroatoms. The highest BCUT2D eigenvalue weighted by atomic mass is 19.4. The van der Waals surface area contributed by atoms with E-state index in [1.165, 1.54) is 6.07 Å². The number of hydrogen-bond donors (Lipinski definition) is 0. The molecular formula is C15H17F5. The first kappa shape index (κ1) is 15.3. The van der Waals surface area contributed by atoms with Gasteiger partial charge < -0.3 is 0 Å². The van der Waals surface area contributed by atoms with Gasteiger partial charge >= 0.3 is 6.18 Å². The molecule has 1 aromatic carbocycles. The summed E-state index contributed by atoms with van der Waals surface area (Å²) < 4.78 is 66.8. The van der Waals surface area contributed by atoms with Crippen LogP contribution in [0.3, 0.4) is 0 Å². The SMILES string of the molecule is CCC(C)c1cc(C(F)(F)F)cc(C(F)(F)C2CC2)c1. The van der Waals surface area contributed by atoms with E-state index in [4.69, 9.17) is 0 Å². The van der Waals surface area contributed by atoms with Crippen LogP contribution in [0.15, 0.2) is 18.2 Å². The molecule has 0 N–H and O–H groups in total. The summed E-state index contributed by atoms with van der Waals surface area (Å²) in [5.41, 5.74) is -1.14. The van der Waals surface area contributed by atoms with Gasteiger partial charge in [0, 0.05) is 11.5 Å². The third-order valence-electron chi connectivity index (χ3n) is 3.94. The maximum atomic E-state index is 14.1. The van der Waals surface area contributed by atoms with E-state index in [9.17, 15) is 22.0 Å². The van der Waals surface area contributed by atoms with Crippen molar-refractivity contribution in [3.63, 3.8) is 0 Å².